The van der Waals surface area contributed by atoms with Gasteiger partial charge in [-0.3, -0.25) is 4.79 Å². The van der Waals surface area contributed by atoms with E-state index in [9.17, 15) is 4.79 Å². The second kappa shape index (κ2) is 6.38. The molecule has 0 saturated carbocycles. The summed E-state index contributed by atoms with van der Waals surface area (Å²) in [4.78, 5) is 11.1. The maximum atomic E-state index is 11.1. The normalized spacial score (nSPS) is 10.0. The number of rotatable bonds is 5. The zero-order valence-corrected chi connectivity index (χ0v) is 12.0. The second-order valence-corrected chi connectivity index (χ2v) is 4.77. The maximum absolute atomic E-state index is 11.1. The lowest BCUT2D eigenvalue weighted by molar-refractivity contribution is 0.101. The lowest BCUT2D eigenvalue weighted by Gasteiger charge is -2.09. The van der Waals surface area contributed by atoms with Crippen LogP contribution in [0.5, 0.6) is 11.5 Å². The number of hydrogen-bond donors (Lipinski definition) is 0. The van der Waals surface area contributed by atoms with Crippen LogP contribution in [-0.2, 0) is 0 Å². The third kappa shape index (κ3) is 3.83. The summed E-state index contributed by atoms with van der Waals surface area (Å²) in [5, 5.41) is 0. The van der Waals surface area contributed by atoms with Crippen molar-refractivity contribution in [2.75, 3.05) is 6.79 Å². The SMILES string of the molecule is CC(=O)c1ccc(OCOc2ccccc2Br)cc1. The van der Waals surface area contributed by atoms with Gasteiger partial charge in [-0.15, -0.1) is 0 Å². The van der Waals surface area contributed by atoms with E-state index in [-0.39, 0.29) is 12.6 Å². The molecule has 0 fully saturated rings. The number of hydrogen-bond acceptors (Lipinski definition) is 3. The van der Waals surface area contributed by atoms with Gasteiger partial charge in [0, 0.05) is 5.56 Å². The quantitative estimate of drug-likeness (QED) is 0.615. The molecule has 0 radical (unpaired) electrons. The highest BCUT2D eigenvalue weighted by atomic mass is 79.9. The fourth-order valence-electron chi connectivity index (χ4n) is 1.51. The van der Waals surface area contributed by atoms with Gasteiger partial charge < -0.3 is 9.47 Å². The molecule has 3 nitrogen and oxygen atoms in total. The standard InChI is InChI=1S/C15H13BrO3/c1-11(17)12-6-8-13(9-7-12)18-10-19-15-5-3-2-4-14(15)16/h2-9H,10H2,1H3. The number of Topliss-reactive ketones (excluding diaryl/α,β-unsaturated/α-hetero) is 1. The van der Waals surface area contributed by atoms with E-state index in [1.807, 2.05) is 24.3 Å². The number of ether oxygens (including phenoxy) is 2. The number of carbonyl (C=O) groups excluding carboxylic acids is 1. The molecular weight excluding hydrogens is 308 g/mol. The van der Waals surface area contributed by atoms with Crippen LogP contribution < -0.4 is 9.47 Å². The van der Waals surface area contributed by atoms with Gasteiger partial charge in [-0.2, -0.15) is 0 Å². The number of ketones is 1. The monoisotopic (exact) mass is 320 g/mol. The van der Waals surface area contributed by atoms with Gasteiger partial charge in [0.2, 0.25) is 6.79 Å². The zero-order valence-electron chi connectivity index (χ0n) is 10.4. The van der Waals surface area contributed by atoms with E-state index in [1.165, 1.54) is 6.92 Å². The first kappa shape index (κ1) is 13.6. The van der Waals surface area contributed by atoms with Crippen LogP contribution in [0.25, 0.3) is 0 Å². The van der Waals surface area contributed by atoms with Gasteiger partial charge in [-0.25, -0.2) is 0 Å². The van der Waals surface area contributed by atoms with Gasteiger partial charge in [0.1, 0.15) is 11.5 Å². The molecule has 2 aromatic carbocycles. The lowest BCUT2D eigenvalue weighted by atomic mass is 10.1. The molecular formula is C15H13BrO3. The highest BCUT2D eigenvalue weighted by Crippen LogP contribution is 2.24. The van der Waals surface area contributed by atoms with Gasteiger partial charge in [0.25, 0.3) is 0 Å². The van der Waals surface area contributed by atoms with Crippen LogP contribution >= 0.6 is 15.9 Å². The van der Waals surface area contributed by atoms with Crippen molar-refractivity contribution in [2.45, 2.75) is 6.92 Å². The van der Waals surface area contributed by atoms with E-state index in [0.29, 0.717) is 11.3 Å². The summed E-state index contributed by atoms with van der Waals surface area (Å²) in [6.07, 6.45) is 0. The summed E-state index contributed by atoms with van der Waals surface area (Å²) in [5.74, 6) is 1.43. The van der Waals surface area contributed by atoms with Crippen molar-refractivity contribution in [1.29, 1.82) is 0 Å². The molecule has 0 aliphatic rings. The molecule has 0 saturated heterocycles. The minimum absolute atomic E-state index is 0.0380. The van der Waals surface area contributed by atoms with Crippen LogP contribution in [0.3, 0.4) is 0 Å². The molecule has 0 aromatic heterocycles. The summed E-state index contributed by atoms with van der Waals surface area (Å²) >= 11 is 3.39. The Bertz CT molecular complexity index is 564. The van der Waals surface area contributed by atoms with Crippen molar-refractivity contribution in [3.63, 3.8) is 0 Å². The van der Waals surface area contributed by atoms with Crippen molar-refractivity contribution >= 4 is 21.7 Å². The van der Waals surface area contributed by atoms with Crippen LogP contribution in [0, 0.1) is 0 Å². The van der Waals surface area contributed by atoms with E-state index >= 15 is 0 Å². The molecule has 2 rings (SSSR count). The van der Waals surface area contributed by atoms with Crippen LogP contribution in [-0.4, -0.2) is 12.6 Å². The Balaban J connectivity index is 1.89. The van der Waals surface area contributed by atoms with Gasteiger partial charge in [0.15, 0.2) is 5.78 Å². The van der Waals surface area contributed by atoms with E-state index in [1.54, 1.807) is 24.3 Å². The molecule has 0 heterocycles. The summed E-state index contributed by atoms with van der Waals surface area (Å²) in [6, 6.07) is 14.5. The highest BCUT2D eigenvalue weighted by Gasteiger charge is 2.01. The van der Waals surface area contributed by atoms with Gasteiger partial charge in [-0.1, -0.05) is 12.1 Å². The van der Waals surface area contributed by atoms with Crippen molar-refractivity contribution in [1.82, 2.24) is 0 Å². The molecule has 0 atom stereocenters. The van der Waals surface area contributed by atoms with Crippen LogP contribution in [0.2, 0.25) is 0 Å². The molecule has 0 spiro atoms. The Labute approximate surface area is 120 Å². The molecule has 0 bridgehead atoms. The maximum Gasteiger partial charge on any atom is 0.230 e. The first-order chi connectivity index (χ1) is 9.16. The highest BCUT2D eigenvalue weighted by molar-refractivity contribution is 9.10. The Morgan fingerprint density at radius 2 is 1.74 bits per heavy atom. The molecule has 0 amide bonds. The first-order valence-electron chi connectivity index (χ1n) is 5.78. The van der Waals surface area contributed by atoms with E-state index < -0.39 is 0 Å². The van der Waals surface area contributed by atoms with Crippen molar-refractivity contribution in [3.8, 4) is 11.5 Å². The minimum Gasteiger partial charge on any atom is -0.458 e. The molecule has 2 aromatic rings. The Hall–Kier alpha value is -1.81. The Kier molecular flexibility index (Phi) is 4.58. The third-order valence-corrected chi connectivity index (χ3v) is 3.19. The van der Waals surface area contributed by atoms with Crippen molar-refractivity contribution < 1.29 is 14.3 Å². The second-order valence-electron chi connectivity index (χ2n) is 3.92. The fourth-order valence-corrected chi connectivity index (χ4v) is 1.91. The number of halogens is 1. The smallest absolute Gasteiger partial charge is 0.230 e. The molecule has 4 heteroatoms. The number of carbonyl (C=O) groups is 1. The summed E-state index contributed by atoms with van der Waals surface area (Å²) in [6.45, 7) is 1.65. The average molecular weight is 321 g/mol. The molecule has 0 aliphatic heterocycles. The molecule has 0 unspecified atom stereocenters. The predicted molar refractivity (Wildman–Crippen MR) is 76.7 cm³/mol. The van der Waals surface area contributed by atoms with Gasteiger partial charge >= 0.3 is 0 Å². The topological polar surface area (TPSA) is 35.5 Å². The van der Waals surface area contributed by atoms with E-state index in [4.69, 9.17) is 9.47 Å². The zero-order chi connectivity index (χ0) is 13.7. The molecule has 0 N–H and O–H groups in total. The Morgan fingerprint density at radius 1 is 1.05 bits per heavy atom. The van der Waals surface area contributed by atoms with E-state index in [2.05, 4.69) is 15.9 Å². The van der Waals surface area contributed by atoms with E-state index in [0.717, 1.165) is 10.2 Å². The third-order valence-electron chi connectivity index (χ3n) is 2.54. The molecule has 19 heavy (non-hydrogen) atoms. The first-order valence-corrected chi connectivity index (χ1v) is 6.57. The van der Waals surface area contributed by atoms with Crippen LogP contribution in [0.1, 0.15) is 17.3 Å². The summed E-state index contributed by atoms with van der Waals surface area (Å²) in [5.41, 5.74) is 0.666. The lowest BCUT2D eigenvalue weighted by Crippen LogP contribution is -2.06. The number of benzene rings is 2. The predicted octanol–water partition coefficient (Wildman–Crippen LogP) is 4.07. The Morgan fingerprint density at radius 3 is 2.37 bits per heavy atom. The summed E-state index contributed by atoms with van der Waals surface area (Å²) < 4.78 is 11.8. The van der Waals surface area contributed by atoms with Gasteiger partial charge in [0.05, 0.1) is 4.47 Å². The van der Waals surface area contributed by atoms with Crippen LogP contribution in [0.15, 0.2) is 53.0 Å². The average Bonchev–Trinajstić information content (AvgIpc) is 2.41. The number of para-hydroxylation sites is 1. The fraction of sp³-hybridized carbons (Fsp3) is 0.133. The summed E-state index contributed by atoms with van der Waals surface area (Å²) in [7, 11) is 0. The largest absolute Gasteiger partial charge is 0.458 e. The van der Waals surface area contributed by atoms with Gasteiger partial charge in [-0.05, 0) is 59.3 Å². The van der Waals surface area contributed by atoms with Crippen molar-refractivity contribution in [2.24, 2.45) is 0 Å². The molecule has 98 valence electrons. The molecule has 0 aliphatic carbocycles. The van der Waals surface area contributed by atoms with Crippen LogP contribution in [0.4, 0.5) is 0 Å². The minimum atomic E-state index is 0.0380. The van der Waals surface area contributed by atoms with Crippen molar-refractivity contribution in [3.05, 3.63) is 58.6 Å².